The first kappa shape index (κ1) is 26.4. The molecule has 1 amide bonds. The molecule has 1 aliphatic carbocycles. The normalized spacial score (nSPS) is 18.3. The summed E-state index contributed by atoms with van der Waals surface area (Å²) < 4.78 is 11.9. The van der Waals surface area contributed by atoms with E-state index in [4.69, 9.17) is 21.1 Å². The van der Waals surface area contributed by atoms with Gasteiger partial charge in [0.1, 0.15) is 0 Å². The zero-order valence-corrected chi connectivity index (χ0v) is 23.3. The zero-order chi connectivity index (χ0) is 26.6. The topological polar surface area (TPSA) is 50.8 Å². The van der Waals surface area contributed by atoms with Crippen molar-refractivity contribution in [1.29, 1.82) is 0 Å². The Hall–Kier alpha value is -3.18. The van der Waals surface area contributed by atoms with E-state index in [0.29, 0.717) is 22.9 Å². The van der Waals surface area contributed by atoms with Crippen molar-refractivity contribution in [3.63, 3.8) is 0 Å². The Labute approximate surface area is 231 Å². The number of nitrogens with one attached hydrogen (secondary N) is 1. The fraction of sp³-hybridized carbons (Fsp3) is 0.406. The summed E-state index contributed by atoms with van der Waals surface area (Å²) in [5.74, 6) is 2.15. The van der Waals surface area contributed by atoms with Crippen LogP contribution in [0.4, 0.5) is 11.4 Å². The highest BCUT2D eigenvalue weighted by molar-refractivity contribution is 6.30. The first-order chi connectivity index (χ1) is 18.5. The summed E-state index contributed by atoms with van der Waals surface area (Å²) >= 11 is 6.24. The van der Waals surface area contributed by atoms with Gasteiger partial charge in [-0.1, -0.05) is 43.5 Å². The molecule has 0 bridgehead atoms. The van der Waals surface area contributed by atoms with Gasteiger partial charge in [0.05, 0.1) is 25.7 Å². The van der Waals surface area contributed by atoms with Crippen LogP contribution in [0.15, 0.2) is 60.7 Å². The average molecular weight is 533 g/mol. The highest BCUT2D eigenvalue weighted by Gasteiger charge is 2.36. The Bertz CT molecular complexity index is 1250. The van der Waals surface area contributed by atoms with Gasteiger partial charge >= 0.3 is 0 Å². The number of halogens is 1. The molecule has 1 aliphatic heterocycles. The number of rotatable bonds is 9. The standard InChI is InChI=1S/C32H37ClN2O3/c1-4-21(2)38-30-19-28-24(17-29(30)37-3)18-31(36)35(32(28)23-9-11-25(33)12-10-23)27-15-13-26(14-16-27)34-20-22-7-5-6-8-22/h9-17,19,21-22,32,34H,4-8,18,20H2,1-3H3/t21-,32?/m1/s1. The number of carbonyl (C=O) groups excluding carboxylic acids is 1. The summed E-state index contributed by atoms with van der Waals surface area (Å²) in [6.45, 7) is 5.15. The second kappa shape index (κ2) is 11.7. The van der Waals surface area contributed by atoms with Gasteiger partial charge in [-0.15, -0.1) is 0 Å². The third kappa shape index (κ3) is 5.63. The number of carbonyl (C=O) groups is 1. The maximum absolute atomic E-state index is 13.7. The van der Waals surface area contributed by atoms with E-state index in [-0.39, 0.29) is 18.1 Å². The second-order valence-electron chi connectivity index (χ2n) is 10.5. The van der Waals surface area contributed by atoms with E-state index >= 15 is 0 Å². The largest absolute Gasteiger partial charge is 0.493 e. The lowest BCUT2D eigenvalue weighted by Crippen LogP contribution is -2.41. The van der Waals surface area contributed by atoms with Crippen molar-refractivity contribution < 1.29 is 14.3 Å². The minimum atomic E-state index is -0.314. The summed E-state index contributed by atoms with van der Waals surface area (Å²) in [4.78, 5) is 15.6. The molecule has 1 unspecified atom stereocenters. The molecule has 2 aliphatic rings. The summed E-state index contributed by atoms with van der Waals surface area (Å²) in [7, 11) is 1.64. The van der Waals surface area contributed by atoms with Crippen LogP contribution >= 0.6 is 11.6 Å². The molecular weight excluding hydrogens is 496 g/mol. The maximum atomic E-state index is 13.7. The van der Waals surface area contributed by atoms with Crippen LogP contribution in [0.25, 0.3) is 0 Å². The van der Waals surface area contributed by atoms with Crippen molar-refractivity contribution in [3.8, 4) is 11.5 Å². The molecule has 2 atom stereocenters. The molecule has 0 saturated heterocycles. The molecule has 5 nitrogen and oxygen atoms in total. The Morgan fingerprint density at radius 3 is 2.39 bits per heavy atom. The number of amides is 1. The van der Waals surface area contributed by atoms with E-state index in [1.165, 1.54) is 25.7 Å². The minimum absolute atomic E-state index is 0.0431. The van der Waals surface area contributed by atoms with Crippen LogP contribution in [0.2, 0.25) is 5.02 Å². The van der Waals surface area contributed by atoms with Gasteiger partial charge in [-0.05, 0) is 97.3 Å². The molecule has 38 heavy (non-hydrogen) atoms. The predicted octanol–water partition coefficient (Wildman–Crippen LogP) is 7.81. The van der Waals surface area contributed by atoms with E-state index in [1.807, 2.05) is 54.3 Å². The Morgan fingerprint density at radius 1 is 1.03 bits per heavy atom. The van der Waals surface area contributed by atoms with Gasteiger partial charge in [0.2, 0.25) is 5.91 Å². The molecule has 3 aromatic carbocycles. The summed E-state index contributed by atoms with van der Waals surface area (Å²) in [5, 5.41) is 4.25. The lowest BCUT2D eigenvalue weighted by Gasteiger charge is -2.38. The van der Waals surface area contributed by atoms with Crippen LogP contribution in [-0.4, -0.2) is 25.7 Å². The van der Waals surface area contributed by atoms with Crippen LogP contribution in [0.3, 0.4) is 0 Å². The van der Waals surface area contributed by atoms with Crippen LogP contribution in [-0.2, 0) is 11.2 Å². The monoisotopic (exact) mass is 532 g/mol. The predicted molar refractivity (Wildman–Crippen MR) is 155 cm³/mol. The maximum Gasteiger partial charge on any atom is 0.232 e. The lowest BCUT2D eigenvalue weighted by atomic mass is 9.86. The summed E-state index contributed by atoms with van der Waals surface area (Å²) in [6, 6.07) is 19.7. The smallest absolute Gasteiger partial charge is 0.232 e. The molecule has 5 rings (SSSR count). The van der Waals surface area contributed by atoms with Gasteiger partial charge in [0.15, 0.2) is 11.5 Å². The van der Waals surface area contributed by atoms with E-state index < -0.39 is 0 Å². The minimum Gasteiger partial charge on any atom is -0.493 e. The first-order valence-electron chi connectivity index (χ1n) is 13.8. The van der Waals surface area contributed by atoms with E-state index in [2.05, 4.69) is 30.4 Å². The van der Waals surface area contributed by atoms with E-state index in [0.717, 1.165) is 46.9 Å². The van der Waals surface area contributed by atoms with Crippen molar-refractivity contribution in [2.45, 2.75) is 64.5 Å². The van der Waals surface area contributed by atoms with Gasteiger partial charge in [-0.3, -0.25) is 4.79 Å². The molecule has 0 spiro atoms. The molecule has 3 aromatic rings. The molecule has 1 fully saturated rings. The number of hydrogen-bond acceptors (Lipinski definition) is 4. The molecule has 1 heterocycles. The summed E-state index contributed by atoms with van der Waals surface area (Å²) in [5.41, 5.74) is 4.94. The number of fused-ring (bicyclic) bond motifs is 1. The quantitative estimate of drug-likeness (QED) is 0.305. The fourth-order valence-electron chi connectivity index (χ4n) is 5.59. The zero-order valence-electron chi connectivity index (χ0n) is 22.5. The third-order valence-electron chi connectivity index (χ3n) is 7.89. The van der Waals surface area contributed by atoms with Crippen LogP contribution in [0, 0.1) is 5.92 Å². The van der Waals surface area contributed by atoms with Gasteiger partial charge < -0.3 is 19.7 Å². The Kier molecular flexibility index (Phi) is 8.13. The van der Waals surface area contributed by atoms with Crippen LogP contribution in [0.1, 0.15) is 68.7 Å². The van der Waals surface area contributed by atoms with Crippen molar-refractivity contribution in [1.82, 2.24) is 0 Å². The van der Waals surface area contributed by atoms with Gasteiger partial charge in [0, 0.05) is 22.9 Å². The number of nitrogens with zero attached hydrogens (tertiary/aromatic N) is 1. The van der Waals surface area contributed by atoms with E-state index in [9.17, 15) is 4.79 Å². The molecule has 0 radical (unpaired) electrons. The van der Waals surface area contributed by atoms with Crippen molar-refractivity contribution in [3.05, 3.63) is 82.4 Å². The third-order valence-corrected chi connectivity index (χ3v) is 8.14. The number of benzene rings is 3. The van der Waals surface area contributed by atoms with Gasteiger partial charge in [0.25, 0.3) is 0 Å². The van der Waals surface area contributed by atoms with Crippen molar-refractivity contribution >= 4 is 28.9 Å². The van der Waals surface area contributed by atoms with Gasteiger partial charge in [-0.2, -0.15) is 0 Å². The van der Waals surface area contributed by atoms with E-state index in [1.54, 1.807) is 7.11 Å². The van der Waals surface area contributed by atoms with Crippen LogP contribution in [0.5, 0.6) is 11.5 Å². The number of hydrogen-bond donors (Lipinski definition) is 1. The number of ether oxygens (including phenoxy) is 2. The lowest BCUT2D eigenvalue weighted by molar-refractivity contribution is -0.118. The Morgan fingerprint density at radius 2 is 1.74 bits per heavy atom. The molecular formula is C32H37ClN2O3. The molecule has 6 heteroatoms. The van der Waals surface area contributed by atoms with Crippen molar-refractivity contribution in [2.75, 3.05) is 23.9 Å². The summed E-state index contributed by atoms with van der Waals surface area (Å²) in [6.07, 6.45) is 6.51. The SMILES string of the molecule is CC[C@@H](C)Oc1cc2c(cc1OC)CC(=O)N(c1ccc(NCC3CCCC3)cc1)C2c1ccc(Cl)cc1. The first-order valence-corrected chi connectivity index (χ1v) is 14.1. The number of methoxy groups -OCH3 is 1. The Balaban J connectivity index is 1.52. The molecule has 200 valence electrons. The fourth-order valence-corrected chi connectivity index (χ4v) is 5.72. The highest BCUT2D eigenvalue weighted by Crippen LogP contribution is 2.44. The van der Waals surface area contributed by atoms with Crippen LogP contribution < -0.4 is 19.7 Å². The molecule has 0 aromatic heterocycles. The van der Waals surface area contributed by atoms with Crippen molar-refractivity contribution in [2.24, 2.45) is 5.92 Å². The molecule has 1 N–H and O–H groups in total. The second-order valence-corrected chi connectivity index (χ2v) is 10.9. The van der Waals surface area contributed by atoms with Gasteiger partial charge in [-0.25, -0.2) is 0 Å². The highest BCUT2D eigenvalue weighted by atomic mass is 35.5. The average Bonchev–Trinajstić information content (AvgIpc) is 3.46. The molecule has 1 saturated carbocycles. The number of anilines is 2.